The van der Waals surface area contributed by atoms with E-state index < -0.39 is 5.60 Å². The Kier molecular flexibility index (Phi) is 7.53. The van der Waals surface area contributed by atoms with Crippen LogP contribution in [0, 0.1) is 6.92 Å². The Morgan fingerprint density at radius 3 is 2.86 bits per heavy atom. The second-order valence-corrected chi connectivity index (χ2v) is 8.25. The molecule has 29 heavy (non-hydrogen) atoms. The number of nitrogens with one attached hydrogen (secondary N) is 1. The molecule has 0 radical (unpaired) electrons. The van der Waals surface area contributed by atoms with Crippen LogP contribution in [0.3, 0.4) is 0 Å². The Bertz CT molecular complexity index is 815. The van der Waals surface area contributed by atoms with Gasteiger partial charge in [-0.2, -0.15) is 0 Å². The van der Waals surface area contributed by atoms with E-state index >= 15 is 0 Å². The van der Waals surface area contributed by atoms with Gasteiger partial charge >= 0.3 is 0 Å². The van der Waals surface area contributed by atoms with Gasteiger partial charge in [-0.3, -0.25) is 9.69 Å². The minimum atomic E-state index is -0.990. The van der Waals surface area contributed by atoms with E-state index in [1.54, 1.807) is 6.07 Å². The molecule has 5 nitrogen and oxygen atoms in total. The van der Waals surface area contributed by atoms with Crippen molar-refractivity contribution in [1.82, 2.24) is 10.2 Å². The van der Waals surface area contributed by atoms with Crippen molar-refractivity contribution in [1.29, 1.82) is 0 Å². The lowest BCUT2D eigenvalue weighted by Crippen LogP contribution is -2.53. The van der Waals surface area contributed by atoms with E-state index in [-0.39, 0.29) is 19.1 Å². The summed E-state index contributed by atoms with van der Waals surface area (Å²) >= 11 is 6.18. The van der Waals surface area contributed by atoms with E-state index in [1.807, 2.05) is 42.2 Å². The molecule has 0 aromatic heterocycles. The fraction of sp³-hybridized carbons (Fsp3) is 0.435. The second-order valence-electron chi connectivity index (χ2n) is 7.85. The van der Waals surface area contributed by atoms with Crippen LogP contribution in [-0.2, 0) is 11.2 Å². The summed E-state index contributed by atoms with van der Waals surface area (Å²) in [5, 5.41) is 14.5. The highest BCUT2D eigenvalue weighted by molar-refractivity contribution is 6.32. The first-order valence-corrected chi connectivity index (χ1v) is 10.5. The van der Waals surface area contributed by atoms with Crippen LogP contribution >= 0.6 is 11.6 Å². The first-order chi connectivity index (χ1) is 13.9. The van der Waals surface area contributed by atoms with Gasteiger partial charge < -0.3 is 15.2 Å². The molecular formula is C23H29ClN2O3. The van der Waals surface area contributed by atoms with Crippen LogP contribution in [0.2, 0.25) is 5.02 Å². The molecule has 0 spiro atoms. The maximum atomic E-state index is 12.3. The van der Waals surface area contributed by atoms with Gasteiger partial charge in [0, 0.05) is 13.1 Å². The van der Waals surface area contributed by atoms with E-state index in [0.717, 1.165) is 24.9 Å². The predicted octanol–water partition coefficient (Wildman–Crippen LogP) is 3.21. The van der Waals surface area contributed by atoms with Crippen LogP contribution in [-0.4, -0.2) is 54.3 Å². The van der Waals surface area contributed by atoms with Crippen LogP contribution < -0.4 is 10.1 Å². The molecule has 1 fully saturated rings. The van der Waals surface area contributed by atoms with Gasteiger partial charge in [-0.1, -0.05) is 48.0 Å². The normalized spacial score (nSPS) is 19.7. The molecule has 1 aliphatic heterocycles. The topological polar surface area (TPSA) is 61.8 Å². The highest BCUT2D eigenvalue weighted by atomic mass is 35.5. The highest BCUT2D eigenvalue weighted by Crippen LogP contribution is 2.28. The molecule has 0 saturated carbocycles. The van der Waals surface area contributed by atoms with Gasteiger partial charge in [-0.25, -0.2) is 0 Å². The first kappa shape index (κ1) is 21.6. The number of amides is 1. The summed E-state index contributed by atoms with van der Waals surface area (Å²) in [6.07, 6.45) is 2.27. The van der Waals surface area contributed by atoms with Crippen LogP contribution in [0.4, 0.5) is 0 Å². The molecule has 1 heterocycles. The molecule has 1 aliphatic rings. The lowest BCUT2D eigenvalue weighted by Gasteiger charge is -2.38. The average molecular weight is 417 g/mol. The van der Waals surface area contributed by atoms with Crippen molar-refractivity contribution >= 4 is 17.5 Å². The van der Waals surface area contributed by atoms with Crippen LogP contribution in [0.15, 0.2) is 48.5 Å². The largest absolute Gasteiger partial charge is 0.489 e. The van der Waals surface area contributed by atoms with Gasteiger partial charge in [0.15, 0.2) is 0 Å². The second kappa shape index (κ2) is 10.1. The lowest BCUT2D eigenvalue weighted by molar-refractivity contribution is -0.124. The molecule has 6 heteroatoms. The summed E-state index contributed by atoms with van der Waals surface area (Å²) in [5.74, 6) is 0.559. The van der Waals surface area contributed by atoms with Crippen molar-refractivity contribution in [3.63, 3.8) is 0 Å². The fourth-order valence-electron chi connectivity index (χ4n) is 3.64. The molecule has 0 unspecified atom stereocenters. The van der Waals surface area contributed by atoms with Crippen LogP contribution in [0.25, 0.3) is 0 Å². The zero-order valence-corrected chi connectivity index (χ0v) is 17.6. The summed E-state index contributed by atoms with van der Waals surface area (Å²) in [6.45, 7) is 4.21. The number of ether oxygens (including phenoxy) is 1. The highest BCUT2D eigenvalue weighted by Gasteiger charge is 2.35. The third-order valence-corrected chi connectivity index (χ3v) is 5.48. The number of aryl methyl sites for hydroxylation is 1. The van der Waals surface area contributed by atoms with Gasteiger partial charge in [0.1, 0.15) is 18.0 Å². The fourth-order valence-corrected chi connectivity index (χ4v) is 3.81. The third kappa shape index (κ3) is 6.74. The number of carbonyl (C=O) groups is 1. The van der Waals surface area contributed by atoms with Crippen molar-refractivity contribution in [3.05, 3.63) is 64.7 Å². The molecule has 1 saturated heterocycles. The number of hydrogen-bond donors (Lipinski definition) is 2. The van der Waals surface area contributed by atoms with E-state index in [1.165, 1.54) is 5.56 Å². The number of piperidine rings is 1. The number of β-amino-alcohol motifs (C(OH)–C–C–N with tert-alkyl or cyclic N) is 1. The monoisotopic (exact) mass is 416 g/mol. The predicted molar refractivity (Wildman–Crippen MR) is 115 cm³/mol. The zero-order chi connectivity index (χ0) is 20.7. The number of halogens is 1. The number of benzene rings is 2. The van der Waals surface area contributed by atoms with Crippen LogP contribution in [0.5, 0.6) is 5.75 Å². The SMILES string of the molecule is Cc1ccc(Cl)c(OC[C@@]2(O)CCCN(CC(=O)NCCc3ccccc3)C2)c1. The third-order valence-electron chi connectivity index (χ3n) is 5.16. The molecule has 0 bridgehead atoms. The van der Waals surface area contributed by atoms with Crippen molar-refractivity contribution in [3.8, 4) is 5.75 Å². The van der Waals surface area contributed by atoms with Gasteiger partial charge in [0.05, 0.1) is 11.6 Å². The van der Waals surface area contributed by atoms with E-state index in [2.05, 4.69) is 17.4 Å². The summed E-state index contributed by atoms with van der Waals surface area (Å²) in [7, 11) is 0. The average Bonchev–Trinajstić information content (AvgIpc) is 2.69. The Balaban J connectivity index is 1.45. The van der Waals surface area contributed by atoms with E-state index in [0.29, 0.717) is 30.3 Å². The molecule has 3 rings (SSSR count). The maximum absolute atomic E-state index is 12.3. The summed E-state index contributed by atoms with van der Waals surface area (Å²) in [6, 6.07) is 15.7. The van der Waals surface area contributed by atoms with Gasteiger partial charge in [0.2, 0.25) is 5.91 Å². The van der Waals surface area contributed by atoms with Crippen LogP contribution in [0.1, 0.15) is 24.0 Å². The zero-order valence-electron chi connectivity index (χ0n) is 16.9. The summed E-state index contributed by atoms with van der Waals surface area (Å²) in [5.41, 5.74) is 1.26. The number of aliphatic hydroxyl groups is 1. The Morgan fingerprint density at radius 2 is 2.07 bits per heavy atom. The van der Waals surface area contributed by atoms with Crippen molar-refractivity contribution in [2.75, 3.05) is 32.8 Å². The molecule has 1 atom stereocenters. The van der Waals surface area contributed by atoms with Gasteiger partial charge in [0.25, 0.3) is 0 Å². The molecular weight excluding hydrogens is 388 g/mol. The lowest BCUT2D eigenvalue weighted by atomic mass is 9.93. The number of rotatable bonds is 8. The van der Waals surface area contributed by atoms with Crippen molar-refractivity contribution < 1.29 is 14.6 Å². The van der Waals surface area contributed by atoms with E-state index in [9.17, 15) is 9.90 Å². The number of nitrogens with zero attached hydrogens (tertiary/aromatic N) is 1. The Hall–Kier alpha value is -2.08. The molecule has 2 N–H and O–H groups in total. The quantitative estimate of drug-likeness (QED) is 0.693. The minimum absolute atomic E-state index is 0.0205. The summed E-state index contributed by atoms with van der Waals surface area (Å²) in [4.78, 5) is 14.3. The number of carbonyl (C=O) groups excluding carboxylic acids is 1. The standard InChI is InChI=1S/C23H29ClN2O3/c1-18-8-9-20(24)21(14-18)29-17-23(28)11-5-13-26(16-23)15-22(27)25-12-10-19-6-3-2-4-7-19/h2-4,6-9,14,28H,5,10-13,15-17H2,1H3,(H,25,27)/t23-/m1/s1. The Morgan fingerprint density at radius 1 is 1.28 bits per heavy atom. The van der Waals surface area contributed by atoms with Gasteiger partial charge in [-0.15, -0.1) is 0 Å². The van der Waals surface area contributed by atoms with Crippen molar-refractivity contribution in [2.45, 2.75) is 31.8 Å². The van der Waals surface area contributed by atoms with Gasteiger partial charge in [-0.05, 0) is 56.0 Å². The molecule has 156 valence electrons. The van der Waals surface area contributed by atoms with Crippen molar-refractivity contribution in [2.24, 2.45) is 0 Å². The number of likely N-dealkylation sites (tertiary alicyclic amines) is 1. The number of hydrogen-bond acceptors (Lipinski definition) is 4. The maximum Gasteiger partial charge on any atom is 0.234 e. The molecule has 1 amide bonds. The first-order valence-electron chi connectivity index (χ1n) is 10.1. The molecule has 2 aromatic carbocycles. The summed E-state index contributed by atoms with van der Waals surface area (Å²) < 4.78 is 5.82. The Labute approximate surface area is 177 Å². The minimum Gasteiger partial charge on any atom is -0.489 e. The molecule has 2 aromatic rings. The van der Waals surface area contributed by atoms with E-state index in [4.69, 9.17) is 16.3 Å². The molecule has 0 aliphatic carbocycles. The smallest absolute Gasteiger partial charge is 0.234 e.